The fraction of sp³-hybridized carbons (Fsp3) is 0.0909. The number of carboxylic acids is 1. The fourth-order valence-electron chi connectivity index (χ4n) is 1.81. The van der Waals surface area contributed by atoms with Gasteiger partial charge < -0.3 is 9.84 Å². The van der Waals surface area contributed by atoms with E-state index in [1.54, 1.807) is 12.1 Å². The maximum atomic E-state index is 11.4. The van der Waals surface area contributed by atoms with Gasteiger partial charge in [-0.3, -0.25) is 9.82 Å². The number of benzene rings is 1. The quantitative estimate of drug-likeness (QED) is 0.755. The lowest BCUT2D eigenvalue weighted by Gasteiger charge is -2.19. The molecule has 0 bridgehead atoms. The van der Waals surface area contributed by atoms with E-state index in [1.165, 1.54) is 12.1 Å². The van der Waals surface area contributed by atoms with Gasteiger partial charge in [-0.15, -0.1) is 0 Å². The van der Waals surface area contributed by atoms with Crippen molar-refractivity contribution in [1.82, 2.24) is 10.2 Å². The van der Waals surface area contributed by atoms with Crippen molar-refractivity contribution in [2.75, 3.05) is 10.7 Å². The molecular weight excluding hydrogens is 286 g/mol. The summed E-state index contributed by atoms with van der Waals surface area (Å²) in [7, 11) is -3.50. The molecule has 0 fully saturated rings. The molecule has 2 aromatic rings. The van der Waals surface area contributed by atoms with Gasteiger partial charge in [0.1, 0.15) is 11.4 Å². The first-order valence-electron chi connectivity index (χ1n) is 5.51. The standard InChI is InChI=1S/C11H9N3O5S/c15-11(16)9-4-7(12-13-9)6-1-2-10-8(3-6)14-20(17,18)5-19-10/h1-4,14H,5H2,(H,12,13)(H,15,16). The molecule has 1 aliphatic rings. The van der Waals surface area contributed by atoms with E-state index in [2.05, 4.69) is 14.9 Å². The van der Waals surface area contributed by atoms with Crippen LogP contribution in [0.2, 0.25) is 0 Å². The van der Waals surface area contributed by atoms with Crippen molar-refractivity contribution in [3.8, 4) is 17.0 Å². The third-order valence-electron chi connectivity index (χ3n) is 2.72. The van der Waals surface area contributed by atoms with Crippen LogP contribution >= 0.6 is 0 Å². The van der Waals surface area contributed by atoms with Crippen LogP contribution < -0.4 is 9.46 Å². The molecule has 0 saturated carbocycles. The molecule has 3 rings (SSSR count). The first kappa shape index (κ1) is 12.5. The lowest BCUT2D eigenvalue weighted by Crippen LogP contribution is -2.25. The van der Waals surface area contributed by atoms with Crippen LogP contribution in [0.4, 0.5) is 5.69 Å². The third-order valence-corrected chi connectivity index (χ3v) is 3.68. The highest BCUT2D eigenvalue weighted by atomic mass is 32.2. The Morgan fingerprint density at radius 3 is 2.85 bits per heavy atom. The minimum Gasteiger partial charge on any atom is -0.477 e. The number of anilines is 1. The van der Waals surface area contributed by atoms with Gasteiger partial charge >= 0.3 is 5.97 Å². The lowest BCUT2D eigenvalue weighted by molar-refractivity contribution is 0.0690. The Morgan fingerprint density at radius 1 is 1.35 bits per heavy atom. The molecule has 0 aliphatic carbocycles. The van der Waals surface area contributed by atoms with E-state index in [9.17, 15) is 13.2 Å². The summed E-state index contributed by atoms with van der Waals surface area (Å²) in [4.78, 5) is 10.8. The number of fused-ring (bicyclic) bond motifs is 1. The number of nitrogens with zero attached hydrogens (tertiary/aromatic N) is 1. The van der Waals surface area contributed by atoms with Gasteiger partial charge in [0.2, 0.25) is 5.94 Å². The van der Waals surface area contributed by atoms with E-state index in [0.717, 1.165) is 0 Å². The summed E-state index contributed by atoms with van der Waals surface area (Å²) in [5.74, 6) is -1.13. The summed E-state index contributed by atoms with van der Waals surface area (Å²) < 4.78 is 30.3. The van der Waals surface area contributed by atoms with E-state index in [1.807, 2.05) is 0 Å². The van der Waals surface area contributed by atoms with Crippen molar-refractivity contribution in [3.63, 3.8) is 0 Å². The molecule has 3 N–H and O–H groups in total. The summed E-state index contributed by atoms with van der Waals surface area (Å²) in [6.45, 7) is 0. The van der Waals surface area contributed by atoms with E-state index >= 15 is 0 Å². The SMILES string of the molecule is O=C(O)c1cc(-c2ccc3c(c2)NS(=O)(=O)CO3)n[nH]1. The average Bonchev–Trinajstić information content (AvgIpc) is 2.86. The predicted molar refractivity (Wildman–Crippen MR) is 69.0 cm³/mol. The molecule has 0 radical (unpaired) electrons. The number of aromatic amines is 1. The van der Waals surface area contributed by atoms with Gasteiger partial charge in [0.25, 0.3) is 10.0 Å². The summed E-state index contributed by atoms with van der Waals surface area (Å²) in [6.07, 6.45) is 0. The van der Waals surface area contributed by atoms with E-state index in [4.69, 9.17) is 9.84 Å². The van der Waals surface area contributed by atoms with Crippen molar-refractivity contribution in [1.29, 1.82) is 0 Å². The second-order valence-electron chi connectivity index (χ2n) is 4.16. The molecule has 104 valence electrons. The topological polar surface area (TPSA) is 121 Å². The van der Waals surface area contributed by atoms with Crippen LogP contribution in [0, 0.1) is 0 Å². The molecule has 9 heteroatoms. The van der Waals surface area contributed by atoms with Crippen molar-refractivity contribution in [3.05, 3.63) is 30.0 Å². The van der Waals surface area contributed by atoms with Gasteiger partial charge in [-0.2, -0.15) is 5.10 Å². The number of carbonyl (C=O) groups is 1. The minimum absolute atomic E-state index is 0.0467. The van der Waals surface area contributed by atoms with Crippen molar-refractivity contribution < 1.29 is 23.1 Å². The maximum Gasteiger partial charge on any atom is 0.353 e. The number of sulfonamides is 1. The van der Waals surface area contributed by atoms with Crippen LogP contribution in [0.3, 0.4) is 0 Å². The zero-order valence-electron chi connectivity index (χ0n) is 9.95. The first-order valence-corrected chi connectivity index (χ1v) is 7.16. The van der Waals surface area contributed by atoms with Gasteiger partial charge in [-0.1, -0.05) is 0 Å². The second kappa shape index (κ2) is 4.23. The molecule has 0 unspecified atom stereocenters. The Labute approximate surface area is 113 Å². The molecule has 1 aromatic carbocycles. The van der Waals surface area contributed by atoms with Crippen molar-refractivity contribution >= 4 is 21.7 Å². The molecule has 1 aliphatic heterocycles. The normalized spacial score (nSPS) is 15.8. The molecule has 1 aromatic heterocycles. The zero-order valence-corrected chi connectivity index (χ0v) is 10.8. The van der Waals surface area contributed by atoms with Gasteiger partial charge in [0.15, 0.2) is 0 Å². The summed E-state index contributed by atoms with van der Waals surface area (Å²) >= 11 is 0. The van der Waals surface area contributed by atoms with Crippen molar-refractivity contribution in [2.45, 2.75) is 0 Å². The Hall–Kier alpha value is -2.55. The first-order chi connectivity index (χ1) is 9.44. The Balaban J connectivity index is 2.01. The van der Waals surface area contributed by atoms with Crippen LogP contribution in [0.15, 0.2) is 24.3 Å². The number of carboxylic acid groups (broad SMARTS) is 1. The largest absolute Gasteiger partial charge is 0.477 e. The second-order valence-corrected chi connectivity index (χ2v) is 5.83. The highest BCUT2D eigenvalue weighted by Crippen LogP contribution is 2.33. The van der Waals surface area contributed by atoms with Crippen LogP contribution in [-0.2, 0) is 10.0 Å². The number of hydrogen-bond donors (Lipinski definition) is 3. The number of hydrogen-bond acceptors (Lipinski definition) is 5. The highest BCUT2D eigenvalue weighted by molar-refractivity contribution is 7.92. The summed E-state index contributed by atoms with van der Waals surface area (Å²) in [5.41, 5.74) is 1.22. The Bertz CT molecular complexity index is 796. The molecule has 0 spiro atoms. The van der Waals surface area contributed by atoms with Crippen LogP contribution in [-0.4, -0.2) is 35.6 Å². The summed E-state index contributed by atoms with van der Waals surface area (Å²) in [5, 5.41) is 15.1. The van der Waals surface area contributed by atoms with Crippen LogP contribution in [0.1, 0.15) is 10.5 Å². The minimum atomic E-state index is -3.50. The number of nitrogens with one attached hydrogen (secondary N) is 2. The molecule has 0 saturated heterocycles. The molecule has 0 atom stereocenters. The van der Waals surface area contributed by atoms with Crippen LogP contribution in [0.5, 0.6) is 5.75 Å². The number of aromatic nitrogens is 2. The fourth-order valence-corrected chi connectivity index (χ4v) is 2.65. The molecular formula is C11H9N3O5S. The predicted octanol–water partition coefficient (Wildman–Crippen LogP) is 0.866. The van der Waals surface area contributed by atoms with Gasteiger partial charge in [0.05, 0.1) is 11.4 Å². The van der Waals surface area contributed by atoms with Crippen molar-refractivity contribution in [2.24, 2.45) is 0 Å². The summed E-state index contributed by atoms with van der Waals surface area (Å²) in [6, 6.07) is 6.16. The van der Waals surface area contributed by atoms with E-state index < -0.39 is 21.9 Å². The van der Waals surface area contributed by atoms with E-state index in [-0.39, 0.29) is 5.69 Å². The van der Waals surface area contributed by atoms with Gasteiger partial charge in [0, 0.05) is 5.56 Å². The molecule has 8 nitrogen and oxygen atoms in total. The average molecular weight is 295 g/mol. The smallest absolute Gasteiger partial charge is 0.353 e. The third kappa shape index (κ3) is 2.18. The lowest BCUT2D eigenvalue weighted by atomic mass is 10.1. The number of aromatic carboxylic acids is 1. The molecule has 20 heavy (non-hydrogen) atoms. The molecule has 2 heterocycles. The Kier molecular flexibility index (Phi) is 2.64. The van der Waals surface area contributed by atoms with E-state index in [0.29, 0.717) is 22.7 Å². The van der Waals surface area contributed by atoms with Crippen LogP contribution in [0.25, 0.3) is 11.3 Å². The number of H-pyrrole nitrogens is 1. The van der Waals surface area contributed by atoms with Gasteiger partial charge in [-0.05, 0) is 24.3 Å². The highest BCUT2D eigenvalue weighted by Gasteiger charge is 2.22. The zero-order chi connectivity index (χ0) is 14.3. The monoisotopic (exact) mass is 295 g/mol. The Morgan fingerprint density at radius 2 is 2.15 bits per heavy atom. The number of rotatable bonds is 2. The maximum absolute atomic E-state index is 11.4. The molecule has 0 amide bonds. The van der Waals surface area contributed by atoms with Gasteiger partial charge in [-0.25, -0.2) is 13.2 Å². The number of ether oxygens (including phenoxy) is 1.